The second-order valence-corrected chi connectivity index (χ2v) is 1.62. The molecule has 0 unspecified atom stereocenters. The maximum Gasteiger partial charge on any atom is 0.150 e. The first-order valence-electron chi connectivity index (χ1n) is 3.08. The maximum atomic E-state index is 4.15. The van der Waals surface area contributed by atoms with Gasteiger partial charge in [-0.15, -0.1) is 0 Å². The molecule has 2 heterocycles. The minimum atomic E-state index is 1.40. The first-order chi connectivity index (χ1) is 5.50. The van der Waals surface area contributed by atoms with Crippen molar-refractivity contribution < 1.29 is 9.88 Å². The molecule has 4 heteroatoms. The first kappa shape index (κ1) is 7.56. The summed E-state index contributed by atoms with van der Waals surface area (Å²) in [5.41, 5.74) is 2.32. The highest BCUT2D eigenvalue weighted by molar-refractivity contribution is 4.88. The monoisotopic (exact) mass is 152 g/mol. The standard InChI is InChI=1S/C5H5N.C2H3NO2/c1-2-4-6-5-3-1;1-2-4-5-3-1/h1-5H;1-3H. The molecule has 0 saturated carbocycles. The number of aromatic nitrogens is 1. The molecule has 1 aliphatic heterocycles. The van der Waals surface area contributed by atoms with Crippen LogP contribution in [-0.2, 0) is 9.88 Å². The van der Waals surface area contributed by atoms with Crippen molar-refractivity contribution in [3.63, 3.8) is 0 Å². The quantitative estimate of drug-likeness (QED) is 0.563. The van der Waals surface area contributed by atoms with E-state index in [4.69, 9.17) is 0 Å². The fourth-order valence-corrected chi connectivity index (χ4v) is 0.451. The Hall–Kier alpha value is -1.55. The molecule has 1 aliphatic rings. The molecule has 0 atom stereocenters. The summed E-state index contributed by atoms with van der Waals surface area (Å²) in [5, 5.41) is 0. The van der Waals surface area contributed by atoms with Gasteiger partial charge in [-0.3, -0.25) is 4.98 Å². The van der Waals surface area contributed by atoms with E-state index in [1.807, 2.05) is 18.2 Å². The van der Waals surface area contributed by atoms with Gasteiger partial charge in [0.05, 0.1) is 6.20 Å². The van der Waals surface area contributed by atoms with Crippen LogP contribution in [0.25, 0.3) is 0 Å². The van der Waals surface area contributed by atoms with Gasteiger partial charge in [0.2, 0.25) is 0 Å². The number of hydrogen-bond donors (Lipinski definition) is 1. The molecule has 0 saturated heterocycles. The van der Waals surface area contributed by atoms with Crippen LogP contribution < -0.4 is 5.48 Å². The van der Waals surface area contributed by atoms with Crippen LogP contribution in [0.1, 0.15) is 0 Å². The van der Waals surface area contributed by atoms with E-state index in [9.17, 15) is 0 Å². The van der Waals surface area contributed by atoms with Crippen LogP contribution in [0.2, 0.25) is 0 Å². The predicted octanol–water partition coefficient (Wildman–Crippen LogP) is 1.01. The number of nitrogens with zero attached hydrogens (tertiary/aromatic N) is 1. The zero-order valence-electron chi connectivity index (χ0n) is 5.81. The normalized spacial score (nSPS) is 12.4. The molecule has 0 aromatic carbocycles. The highest BCUT2D eigenvalue weighted by Gasteiger charge is 1.81. The summed E-state index contributed by atoms with van der Waals surface area (Å²) in [4.78, 5) is 12.0. The summed E-state index contributed by atoms with van der Waals surface area (Å²) in [6, 6.07) is 5.72. The van der Waals surface area contributed by atoms with Crippen LogP contribution in [0.3, 0.4) is 0 Å². The van der Waals surface area contributed by atoms with Crippen LogP contribution in [0.5, 0.6) is 0 Å². The molecule has 1 aromatic heterocycles. The average Bonchev–Trinajstić information content (AvgIpc) is 2.64. The molecule has 0 fully saturated rings. The number of nitrogens with one attached hydrogen (secondary N) is 1. The Morgan fingerprint density at radius 2 is 1.91 bits per heavy atom. The van der Waals surface area contributed by atoms with E-state index in [1.54, 1.807) is 18.6 Å². The third-order valence-corrected chi connectivity index (χ3v) is 0.854. The van der Waals surface area contributed by atoms with Crippen molar-refractivity contribution in [3.8, 4) is 0 Å². The lowest BCUT2D eigenvalue weighted by atomic mass is 10.5. The molecule has 0 amide bonds. The van der Waals surface area contributed by atoms with Crippen LogP contribution in [-0.4, -0.2) is 4.98 Å². The van der Waals surface area contributed by atoms with Crippen molar-refractivity contribution in [1.82, 2.24) is 10.5 Å². The number of hydrogen-bond acceptors (Lipinski definition) is 4. The van der Waals surface area contributed by atoms with Crippen LogP contribution in [0, 0.1) is 0 Å². The number of rotatable bonds is 0. The van der Waals surface area contributed by atoms with Crippen LogP contribution in [0.4, 0.5) is 0 Å². The van der Waals surface area contributed by atoms with Gasteiger partial charge in [0.25, 0.3) is 0 Å². The molecule has 0 radical (unpaired) electrons. The molecule has 58 valence electrons. The van der Waals surface area contributed by atoms with E-state index in [0.29, 0.717) is 0 Å². The van der Waals surface area contributed by atoms with E-state index < -0.39 is 0 Å². The summed E-state index contributed by atoms with van der Waals surface area (Å²) in [5.74, 6) is 0. The molecule has 0 aliphatic carbocycles. The van der Waals surface area contributed by atoms with Gasteiger partial charge >= 0.3 is 0 Å². The van der Waals surface area contributed by atoms with Gasteiger partial charge in [0.1, 0.15) is 6.26 Å². The molecule has 1 aromatic rings. The molecule has 2 rings (SSSR count). The highest BCUT2D eigenvalue weighted by Crippen LogP contribution is 1.80. The van der Waals surface area contributed by atoms with Crippen LogP contribution in [0.15, 0.2) is 43.1 Å². The van der Waals surface area contributed by atoms with E-state index in [2.05, 4.69) is 20.3 Å². The van der Waals surface area contributed by atoms with Gasteiger partial charge in [-0.05, 0) is 12.1 Å². The second kappa shape index (κ2) is 5.25. The Balaban J connectivity index is 0.000000112. The summed E-state index contributed by atoms with van der Waals surface area (Å²) < 4.78 is 0. The Labute approximate surface area is 64.4 Å². The van der Waals surface area contributed by atoms with Crippen LogP contribution >= 0.6 is 0 Å². The molecule has 4 nitrogen and oxygen atoms in total. The van der Waals surface area contributed by atoms with Gasteiger partial charge in [-0.25, -0.2) is 5.48 Å². The first-order valence-corrected chi connectivity index (χ1v) is 3.08. The molecule has 11 heavy (non-hydrogen) atoms. The summed E-state index contributed by atoms with van der Waals surface area (Å²) in [6.45, 7) is 0. The Morgan fingerprint density at radius 1 is 1.09 bits per heavy atom. The molecular weight excluding hydrogens is 144 g/mol. The third kappa shape index (κ3) is 3.94. The highest BCUT2D eigenvalue weighted by atomic mass is 17.3. The van der Waals surface area contributed by atoms with Crippen molar-refractivity contribution in [2.75, 3.05) is 0 Å². The fraction of sp³-hybridized carbons (Fsp3) is 0. The van der Waals surface area contributed by atoms with Crippen molar-refractivity contribution in [1.29, 1.82) is 0 Å². The molecule has 0 spiro atoms. The number of pyridine rings is 1. The minimum Gasteiger partial charge on any atom is -0.321 e. The van der Waals surface area contributed by atoms with E-state index in [0.717, 1.165) is 0 Å². The lowest BCUT2D eigenvalue weighted by Gasteiger charge is -1.81. The summed E-state index contributed by atoms with van der Waals surface area (Å²) >= 11 is 0. The Morgan fingerprint density at radius 3 is 2.09 bits per heavy atom. The van der Waals surface area contributed by atoms with E-state index in [-0.39, 0.29) is 0 Å². The smallest absolute Gasteiger partial charge is 0.150 e. The summed E-state index contributed by atoms with van der Waals surface area (Å²) in [7, 11) is 0. The SMILES string of the molecule is C1=COON1.c1ccncc1. The van der Waals surface area contributed by atoms with Gasteiger partial charge in [-0.2, -0.15) is 0 Å². The largest absolute Gasteiger partial charge is 0.321 e. The Kier molecular flexibility index (Phi) is 3.61. The van der Waals surface area contributed by atoms with Crippen molar-refractivity contribution in [3.05, 3.63) is 43.1 Å². The minimum absolute atomic E-state index is 1.40. The number of hydroxylamine groups is 1. The lowest BCUT2D eigenvalue weighted by Crippen LogP contribution is -1.94. The van der Waals surface area contributed by atoms with Gasteiger partial charge < -0.3 is 4.89 Å². The molecular formula is C7H8N2O2. The zero-order chi connectivity index (χ0) is 7.78. The Bertz CT molecular complexity index is 168. The third-order valence-electron chi connectivity index (χ3n) is 0.854. The summed E-state index contributed by atoms with van der Waals surface area (Å²) in [6.07, 6.45) is 6.44. The van der Waals surface area contributed by atoms with Gasteiger partial charge in [0, 0.05) is 12.4 Å². The van der Waals surface area contributed by atoms with E-state index in [1.165, 1.54) is 6.26 Å². The fourth-order valence-electron chi connectivity index (χ4n) is 0.451. The molecule has 0 bridgehead atoms. The van der Waals surface area contributed by atoms with Crippen molar-refractivity contribution in [2.45, 2.75) is 0 Å². The lowest BCUT2D eigenvalue weighted by molar-refractivity contribution is -0.264. The van der Waals surface area contributed by atoms with Crippen molar-refractivity contribution in [2.24, 2.45) is 0 Å². The average molecular weight is 152 g/mol. The van der Waals surface area contributed by atoms with E-state index >= 15 is 0 Å². The molecule has 1 N–H and O–H groups in total. The zero-order valence-corrected chi connectivity index (χ0v) is 5.81. The van der Waals surface area contributed by atoms with Gasteiger partial charge in [-0.1, -0.05) is 11.1 Å². The predicted molar refractivity (Wildman–Crippen MR) is 38.7 cm³/mol. The second-order valence-electron chi connectivity index (χ2n) is 1.62. The van der Waals surface area contributed by atoms with Gasteiger partial charge in [0.15, 0.2) is 0 Å². The maximum absolute atomic E-state index is 4.15. The van der Waals surface area contributed by atoms with Crippen molar-refractivity contribution >= 4 is 0 Å². The topological polar surface area (TPSA) is 43.4 Å².